The quantitative estimate of drug-likeness (QED) is 0.340. The topological polar surface area (TPSA) is 109 Å². The van der Waals surface area contributed by atoms with Crippen molar-refractivity contribution in [3.8, 4) is 5.82 Å². The summed E-state index contributed by atoms with van der Waals surface area (Å²) >= 11 is 0. The molecule has 2 bridgehead atoms. The summed E-state index contributed by atoms with van der Waals surface area (Å²) in [4.78, 5) is 29.5. The number of fused-ring (bicyclic) bond motifs is 7. The fourth-order valence-corrected chi connectivity index (χ4v) is 5.74. The number of anilines is 2. The number of allylic oxidation sites excluding steroid dienone is 2. The molecule has 1 atom stereocenters. The third-order valence-corrected chi connectivity index (χ3v) is 8.19. The SMILES string of the molecule is CN1CCN(n2ccc3cc(Nc4ncc5c(=O)n6n(c5n4)-c4cccc(n4)C(C)(O)CC/C=C(/F)C6)ccc32)CC1. The van der Waals surface area contributed by atoms with Gasteiger partial charge in [-0.15, -0.1) is 0 Å². The van der Waals surface area contributed by atoms with Gasteiger partial charge in [-0.2, -0.15) is 4.98 Å². The average molecular weight is 570 g/mol. The first kappa shape index (κ1) is 26.4. The molecule has 5 aromatic rings. The van der Waals surface area contributed by atoms with Gasteiger partial charge in [0.15, 0.2) is 11.5 Å². The van der Waals surface area contributed by atoms with E-state index in [2.05, 4.69) is 55.2 Å². The van der Waals surface area contributed by atoms with E-state index in [4.69, 9.17) is 4.98 Å². The third-order valence-electron chi connectivity index (χ3n) is 8.19. The Bertz CT molecular complexity index is 1900. The van der Waals surface area contributed by atoms with Crippen molar-refractivity contribution in [3.63, 3.8) is 0 Å². The Labute approximate surface area is 241 Å². The molecule has 42 heavy (non-hydrogen) atoms. The Kier molecular flexibility index (Phi) is 6.32. The monoisotopic (exact) mass is 569 g/mol. The first-order valence-corrected chi connectivity index (χ1v) is 14.1. The lowest BCUT2D eigenvalue weighted by atomic mass is 9.95. The van der Waals surface area contributed by atoms with Crippen molar-refractivity contribution in [1.82, 2.24) is 33.9 Å². The molecule has 1 saturated heterocycles. The second-order valence-electron chi connectivity index (χ2n) is 11.3. The Balaban J connectivity index is 1.27. The zero-order valence-electron chi connectivity index (χ0n) is 23.5. The Morgan fingerprint density at radius 2 is 1.90 bits per heavy atom. The van der Waals surface area contributed by atoms with Crippen molar-refractivity contribution in [2.24, 2.45) is 0 Å². The van der Waals surface area contributed by atoms with E-state index in [1.54, 1.807) is 25.1 Å². The minimum absolute atomic E-state index is 0.240. The van der Waals surface area contributed by atoms with Crippen molar-refractivity contribution in [1.29, 1.82) is 0 Å². The molecule has 1 fully saturated rings. The molecule has 2 N–H and O–H groups in total. The molecular weight excluding hydrogens is 537 g/mol. The molecule has 1 aromatic carbocycles. The van der Waals surface area contributed by atoms with Crippen LogP contribution in [0.1, 0.15) is 25.5 Å². The Morgan fingerprint density at radius 3 is 2.74 bits per heavy atom. The molecule has 12 heteroatoms. The second kappa shape index (κ2) is 10.1. The number of aromatic nitrogens is 6. The van der Waals surface area contributed by atoms with E-state index in [0.717, 1.165) is 42.8 Å². The second-order valence-corrected chi connectivity index (χ2v) is 11.3. The molecule has 7 rings (SSSR count). The summed E-state index contributed by atoms with van der Waals surface area (Å²) in [6, 6.07) is 13.4. The summed E-state index contributed by atoms with van der Waals surface area (Å²) in [7, 11) is 2.14. The molecule has 1 unspecified atom stereocenters. The maximum absolute atomic E-state index is 15.0. The first-order chi connectivity index (χ1) is 20.3. The van der Waals surface area contributed by atoms with Crippen LogP contribution in [0, 0.1) is 0 Å². The lowest BCUT2D eigenvalue weighted by molar-refractivity contribution is 0.0442. The fraction of sp³-hybridized carbons (Fsp3) is 0.333. The van der Waals surface area contributed by atoms with Crippen LogP contribution in [-0.4, -0.2) is 72.2 Å². The molecule has 11 nitrogen and oxygen atoms in total. The van der Waals surface area contributed by atoms with E-state index in [9.17, 15) is 14.3 Å². The van der Waals surface area contributed by atoms with Gasteiger partial charge in [0.05, 0.1) is 17.8 Å². The fourth-order valence-electron chi connectivity index (χ4n) is 5.74. The molecular formula is C30H32FN9O2. The van der Waals surface area contributed by atoms with Crippen LogP contribution in [0.15, 0.2) is 71.6 Å². The highest BCUT2D eigenvalue weighted by Gasteiger charge is 2.27. The number of rotatable bonds is 3. The number of halogens is 1. The summed E-state index contributed by atoms with van der Waals surface area (Å²) in [5.41, 5.74) is 0.931. The summed E-state index contributed by atoms with van der Waals surface area (Å²) in [5.74, 6) is 0.163. The summed E-state index contributed by atoms with van der Waals surface area (Å²) in [6.45, 7) is 5.34. The Morgan fingerprint density at radius 1 is 1.07 bits per heavy atom. The number of hydrogen-bond donors (Lipinski definition) is 2. The van der Waals surface area contributed by atoms with Gasteiger partial charge >= 0.3 is 0 Å². The number of nitrogens with zero attached hydrogens (tertiary/aromatic N) is 8. The molecule has 0 radical (unpaired) electrons. The molecule has 2 aliphatic heterocycles. The van der Waals surface area contributed by atoms with E-state index in [0.29, 0.717) is 24.4 Å². The maximum atomic E-state index is 15.0. The highest BCUT2D eigenvalue weighted by molar-refractivity contribution is 5.85. The van der Waals surface area contributed by atoms with Crippen molar-refractivity contribution in [3.05, 3.63) is 82.8 Å². The van der Waals surface area contributed by atoms with Crippen molar-refractivity contribution in [2.75, 3.05) is 43.6 Å². The van der Waals surface area contributed by atoms with Crippen LogP contribution >= 0.6 is 0 Å². The highest BCUT2D eigenvalue weighted by Crippen LogP contribution is 2.28. The van der Waals surface area contributed by atoms with Crippen LogP contribution in [-0.2, 0) is 12.1 Å². The number of hydrogen-bond acceptors (Lipinski definition) is 8. The van der Waals surface area contributed by atoms with E-state index < -0.39 is 17.0 Å². The van der Waals surface area contributed by atoms with E-state index >= 15 is 0 Å². The van der Waals surface area contributed by atoms with Crippen LogP contribution in [0.5, 0.6) is 0 Å². The minimum Gasteiger partial charge on any atom is -0.384 e. The molecule has 0 aliphatic carbocycles. The molecule has 0 spiro atoms. The van der Waals surface area contributed by atoms with Crippen molar-refractivity contribution in [2.45, 2.75) is 31.9 Å². The van der Waals surface area contributed by atoms with Crippen molar-refractivity contribution < 1.29 is 9.50 Å². The van der Waals surface area contributed by atoms with Gasteiger partial charge in [0, 0.05) is 49.6 Å². The third kappa shape index (κ3) is 4.62. The van der Waals surface area contributed by atoms with E-state index in [1.165, 1.54) is 21.6 Å². The lowest BCUT2D eigenvalue weighted by Crippen LogP contribution is -2.49. The normalized spacial score (nSPS) is 21.1. The zero-order chi connectivity index (χ0) is 29.0. The standard InChI is InChI=1S/C30H32FN9O2/c1-30(42)11-4-5-21(31)19-39-28(41)23-18-32-29(35-27(23)40(39)26-7-3-6-25(30)34-26)33-22-8-9-24-20(17-22)10-12-38(24)37-15-13-36(2)14-16-37/h3,5-10,12,17-18,42H,4,11,13-16,19H2,1-2H3,(H,32,33,35)/b21-5+. The van der Waals surface area contributed by atoms with E-state index in [-0.39, 0.29) is 23.5 Å². The predicted octanol–water partition coefficient (Wildman–Crippen LogP) is 3.41. The number of piperazine rings is 1. The molecule has 4 aromatic heterocycles. The smallest absolute Gasteiger partial charge is 0.278 e. The number of pyridine rings is 1. The summed E-state index contributed by atoms with van der Waals surface area (Å²) in [6.07, 6.45) is 5.54. The Hall–Kier alpha value is -4.55. The van der Waals surface area contributed by atoms with Gasteiger partial charge < -0.3 is 20.3 Å². The van der Waals surface area contributed by atoms with Crippen LogP contribution in [0.25, 0.3) is 27.8 Å². The first-order valence-electron chi connectivity index (χ1n) is 14.1. The summed E-state index contributed by atoms with van der Waals surface area (Å²) in [5, 5.41) is 18.0. The lowest BCUT2D eigenvalue weighted by Gasteiger charge is -2.35. The van der Waals surface area contributed by atoms with Gasteiger partial charge in [-0.05, 0) is 63.2 Å². The van der Waals surface area contributed by atoms with Crippen LogP contribution < -0.4 is 15.9 Å². The zero-order valence-corrected chi connectivity index (χ0v) is 23.5. The summed E-state index contributed by atoms with van der Waals surface area (Å²) < 4.78 is 19.9. The molecule has 0 amide bonds. The minimum atomic E-state index is -1.27. The molecule has 0 saturated carbocycles. The predicted molar refractivity (Wildman–Crippen MR) is 160 cm³/mol. The van der Waals surface area contributed by atoms with E-state index in [1.807, 2.05) is 12.1 Å². The van der Waals surface area contributed by atoms with Crippen molar-refractivity contribution >= 4 is 33.6 Å². The number of benzene rings is 1. The number of nitrogens with one attached hydrogen (secondary N) is 1. The maximum Gasteiger partial charge on any atom is 0.278 e. The van der Waals surface area contributed by atoms with Crippen LogP contribution in [0.3, 0.4) is 0 Å². The van der Waals surface area contributed by atoms with Gasteiger partial charge in [-0.3, -0.25) is 9.47 Å². The van der Waals surface area contributed by atoms with Gasteiger partial charge in [-0.1, -0.05) is 12.1 Å². The van der Waals surface area contributed by atoms with Crippen LogP contribution in [0.4, 0.5) is 16.0 Å². The average Bonchev–Trinajstić information content (AvgIpc) is 3.51. The van der Waals surface area contributed by atoms with Gasteiger partial charge in [0.2, 0.25) is 5.95 Å². The van der Waals surface area contributed by atoms with Gasteiger partial charge in [0.25, 0.3) is 5.56 Å². The number of likely N-dealkylation sites (N-methyl/N-ethyl adjacent to an activating group) is 1. The van der Waals surface area contributed by atoms with Gasteiger partial charge in [0.1, 0.15) is 16.8 Å². The molecule has 2 aliphatic rings. The van der Waals surface area contributed by atoms with Crippen LogP contribution in [0.2, 0.25) is 0 Å². The number of aliphatic hydroxyl groups is 1. The molecule has 6 heterocycles. The molecule has 216 valence electrons. The van der Waals surface area contributed by atoms with Gasteiger partial charge in [-0.25, -0.2) is 23.7 Å². The highest BCUT2D eigenvalue weighted by atomic mass is 19.1. The largest absolute Gasteiger partial charge is 0.384 e.